The highest BCUT2D eigenvalue weighted by atomic mass is 16.7. The number of phenols is 1. The van der Waals surface area contributed by atoms with Crippen LogP contribution >= 0.6 is 0 Å². The minimum atomic E-state index is -0.153. The van der Waals surface area contributed by atoms with Crippen LogP contribution in [0.1, 0.15) is 29.8 Å². The fourth-order valence-electron chi connectivity index (χ4n) is 2.97. The molecule has 0 saturated heterocycles. The van der Waals surface area contributed by atoms with Crippen molar-refractivity contribution in [1.29, 1.82) is 0 Å². The van der Waals surface area contributed by atoms with Gasteiger partial charge in [-0.2, -0.15) is 0 Å². The Balaban J connectivity index is 1.71. The maximum absolute atomic E-state index is 12.8. The highest BCUT2D eigenvalue weighted by molar-refractivity contribution is 5.98. The minimum Gasteiger partial charge on any atom is -0.504 e. The molecule has 0 fully saturated rings. The Hall–Kier alpha value is -2.69. The largest absolute Gasteiger partial charge is 0.504 e. The lowest BCUT2D eigenvalue weighted by Gasteiger charge is -2.19. The zero-order valence-electron chi connectivity index (χ0n) is 14.6. The first-order valence-electron chi connectivity index (χ1n) is 8.29. The van der Waals surface area contributed by atoms with Crippen LogP contribution in [0.4, 0.5) is 0 Å². The van der Waals surface area contributed by atoms with Crippen LogP contribution < -0.4 is 14.2 Å². The van der Waals surface area contributed by atoms with Crippen molar-refractivity contribution in [2.45, 2.75) is 20.3 Å². The summed E-state index contributed by atoms with van der Waals surface area (Å²) in [5.74, 6) is 1.91. The van der Waals surface area contributed by atoms with Crippen molar-refractivity contribution >= 4 is 5.78 Å². The molecule has 3 rings (SSSR count). The van der Waals surface area contributed by atoms with Crippen LogP contribution in [0.25, 0.3) is 0 Å². The molecule has 0 bridgehead atoms. The first kappa shape index (κ1) is 17.1. The highest BCUT2D eigenvalue weighted by Crippen LogP contribution is 2.34. The van der Waals surface area contributed by atoms with Gasteiger partial charge >= 0.3 is 0 Å². The Morgan fingerprint density at radius 2 is 1.92 bits per heavy atom. The number of fused-ring (bicyclic) bond motifs is 1. The number of aromatic hydroxyl groups is 1. The van der Waals surface area contributed by atoms with Crippen molar-refractivity contribution in [2.24, 2.45) is 11.8 Å². The van der Waals surface area contributed by atoms with E-state index in [4.69, 9.17) is 14.2 Å². The van der Waals surface area contributed by atoms with Crippen LogP contribution in [0.2, 0.25) is 0 Å². The van der Waals surface area contributed by atoms with Gasteiger partial charge in [0.2, 0.25) is 6.79 Å². The third kappa shape index (κ3) is 3.55. The van der Waals surface area contributed by atoms with Gasteiger partial charge in [-0.05, 0) is 48.2 Å². The molecule has 5 nitrogen and oxygen atoms in total. The predicted molar refractivity (Wildman–Crippen MR) is 93.6 cm³/mol. The summed E-state index contributed by atoms with van der Waals surface area (Å²) in [7, 11) is 1.52. The number of carbonyl (C=O) groups excluding carboxylic acids is 1. The van der Waals surface area contributed by atoms with Crippen molar-refractivity contribution in [3.05, 3.63) is 47.5 Å². The standard InChI is InChI=1S/C20H22O5/c1-12(8-14-4-6-16(21)18(9-14)23-3)13(2)20(22)15-5-7-17-19(10-15)25-11-24-17/h4-7,9-10,12-13,21H,8,11H2,1-3H3. The van der Waals surface area contributed by atoms with E-state index < -0.39 is 0 Å². The fraction of sp³-hybridized carbons (Fsp3) is 0.350. The highest BCUT2D eigenvalue weighted by Gasteiger charge is 2.24. The minimum absolute atomic E-state index is 0.0801. The number of carbonyl (C=O) groups is 1. The zero-order valence-corrected chi connectivity index (χ0v) is 14.6. The molecule has 0 saturated carbocycles. The summed E-state index contributed by atoms with van der Waals surface area (Å²) in [5, 5.41) is 9.69. The number of hydrogen-bond acceptors (Lipinski definition) is 5. The van der Waals surface area contributed by atoms with Crippen molar-refractivity contribution in [2.75, 3.05) is 13.9 Å². The van der Waals surface area contributed by atoms with Gasteiger partial charge in [0.05, 0.1) is 7.11 Å². The average Bonchev–Trinajstić information content (AvgIpc) is 3.09. The smallest absolute Gasteiger partial charge is 0.231 e. The molecule has 0 radical (unpaired) electrons. The molecule has 2 aromatic carbocycles. The summed E-state index contributed by atoms with van der Waals surface area (Å²) < 4.78 is 15.8. The Kier molecular flexibility index (Phi) is 4.83. The van der Waals surface area contributed by atoms with Crippen molar-refractivity contribution in [3.8, 4) is 23.0 Å². The lowest BCUT2D eigenvalue weighted by atomic mass is 9.84. The van der Waals surface area contributed by atoms with Crippen LogP contribution in [-0.4, -0.2) is 24.8 Å². The van der Waals surface area contributed by atoms with Gasteiger partial charge in [0.1, 0.15) is 0 Å². The quantitative estimate of drug-likeness (QED) is 0.808. The van der Waals surface area contributed by atoms with Gasteiger partial charge in [0.15, 0.2) is 28.8 Å². The normalized spacial score (nSPS) is 14.8. The molecular formula is C20H22O5. The van der Waals surface area contributed by atoms with E-state index in [2.05, 4.69) is 6.92 Å². The summed E-state index contributed by atoms with van der Waals surface area (Å²) in [4.78, 5) is 12.8. The third-order valence-corrected chi connectivity index (χ3v) is 4.73. The maximum Gasteiger partial charge on any atom is 0.231 e. The first-order valence-corrected chi connectivity index (χ1v) is 8.29. The Morgan fingerprint density at radius 1 is 1.16 bits per heavy atom. The summed E-state index contributed by atoms with van der Waals surface area (Å²) >= 11 is 0. The fourth-order valence-corrected chi connectivity index (χ4v) is 2.97. The number of ketones is 1. The number of methoxy groups -OCH3 is 1. The van der Waals surface area contributed by atoms with Crippen LogP contribution in [0.15, 0.2) is 36.4 Å². The lowest BCUT2D eigenvalue weighted by Crippen LogP contribution is -2.21. The van der Waals surface area contributed by atoms with E-state index in [1.165, 1.54) is 7.11 Å². The van der Waals surface area contributed by atoms with Gasteiger partial charge < -0.3 is 19.3 Å². The average molecular weight is 342 g/mol. The van der Waals surface area contributed by atoms with E-state index >= 15 is 0 Å². The Morgan fingerprint density at radius 3 is 2.68 bits per heavy atom. The molecule has 1 aliphatic heterocycles. The lowest BCUT2D eigenvalue weighted by molar-refractivity contribution is 0.0892. The molecular weight excluding hydrogens is 320 g/mol. The second kappa shape index (κ2) is 7.05. The second-order valence-electron chi connectivity index (χ2n) is 6.41. The molecule has 0 aliphatic carbocycles. The number of rotatable bonds is 6. The summed E-state index contributed by atoms with van der Waals surface area (Å²) in [5.41, 5.74) is 1.65. The molecule has 1 aliphatic rings. The van der Waals surface area contributed by atoms with Crippen LogP contribution in [-0.2, 0) is 6.42 Å². The summed E-state index contributed by atoms with van der Waals surface area (Å²) in [6.07, 6.45) is 0.716. The van der Waals surface area contributed by atoms with Crippen molar-refractivity contribution < 1.29 is 24.1 Å². The number of benzene rings is 2. The summed E-state index contributed by atoms with van der Waals surface area (Å²) in [6.45, 7) is 4.19. The third-order valence-electron chi connectivity index (χ3n) is 4.73. The van der Waals surface area contributed by atoms with Crippen molar-refractivity contribution in [3.63, 3.8) is 0 Å². The Labute approximate surface area is 147 Å². The van der Waals surface area contributed by atoms with E-state index in [9.17, 15) is 9.90 Å². The van der Waals surface area contributed by atoms with Crippen LogP contribution in [0, 0.1) is 11.8 Å². The molecule has 1 heterocycles. The van der Waals surface area contributed by atoms with Gasteiger partial charge in [-0.25, -0.2) is 0 Å². The van der Waals surface area contributed by atoms with Gasteiger partial charge in [-0.3, -0.25) is 4.79 Å². The zero-order chi connectivity index (χ0) is 18.0. The summed E-state index contributed by atoms with van der Waals surface area (Å²) in [6, 6.07) is 10.6. The molecule has 0 spiro atoms. The van der Waals surface area contributed by atoms with E-state index in [0.29, 0.717) is 29.2 Å². The van der Waals surface area contributed by atoms with Crippen LogP contribution in [0.3, 0.4) is 0 Å². The monoisotopic (exact) mass is 342 g/mol. The second-order valence-corrected chi connectivity index (χ2v) is 6.41. The number of hydrogen-bond donors (Lipinski definition) is 1. The molecule has 0 amide bonds. The van der Waals surface area contributed by atoms with E-state index in [1.807, 2.05) is 19.1 Å². The number of Topliss-reactive ketones (excluding diaryl/α,β-unsaturated/α-hetero) is 1. The van der Waals surface area contributed by atoms with Gasteiger partial charge in [0, 0.05) is 11.5 Å². The first-order chi connectivity index (χ1) is 12.0. The molecule has 5 heteroatoms. The number of ether oxygens (including phenoxy) is 3. The molecule has 2 unspecified atom stereocenters. The maximum atomic E-state index is 12.8. The van der Waals surface area contributed by atoms with Crippen molar-refractivity contribution in [1.82, 2.24) is 0 Å². The SMILES string of the molecule is COc1cc(CC(C)C(C)C(=O)c2ccc3c(c2)OCO3)ccc1O. The number of phenolic OH excluding ortho intramolecular Hbond substituents is 1. The molecule has 0 aromatic heterocycles. The molecule has 25 heavy (non-hydrogen) atoms. The predicted octanol–water partition coefficient (Wildman–Crippen LogP) is 3.83. The molecule has 2 aromatic rings. The van der Waals surface area contributed by atoms with E-state index in [0.717, 1.165) is 5.56 Å². The van der Waals surface area contributed by atoms with Gasteiger partial charge in [-0.15, -0.1) is 0 Å². The molecule has 132 valence electrons. The topological polar surface area (TPSA) is 65.0 Å². The van der Waals surface area contributed by atoms with E-state index in [1.54, 1.807) is 24.3 Å². The Bertz CT molecular complexity index is 784. The molecule has 1 N–H and O–H groups in total. The van der Waals surface area contributed by atoms with Gasteiger partial charge in [-0.1, -0.05) is 19.9 Å². The van der Waals surface area contributed by atoms with Gasteiger partial charge in [0.25, 0.3) is 0 Å². The molecule has 2 atom stereocenters. The van der Waals surface area contributed by atoms with Crippen LogP contribution in [0.5, 0.6) is 23.0 Å². The van der Waals surface area contributed by atoms with E-state index in [-0.39, 0.29) is 30.2 Å².